The Morgan fingerprint density at radius 1 is 1.21 bits per heavy atom. The number of rotatable bonds is 0. The number of hydrogen-bond acceptors (Lipinski definition) is 2. The Hall–Kier alpha value is -0.120. The molecule has 3 heteroatoms. The molecule has 0 saturated heterocycles. The standard InChI is InChI=1S/C11H9BrS2/c1-11(2)6-3-4-13-9(6)10-8(11)7(12)5-14-10/h3-5H,1-2H3. The highest BCUT2D eigenvalue weighted by Gasteiger charge is 2.39. The summed E-state index contributed by atoms with van der Waals surface area (Å²) in [5, 5.41) is 4.40. The second kappa shape index (κ2) is 2.71. The van der Waals surface area contributed by atoms with Gasteiger partial charge in [0.25, 0.3) is 0 Å². The van der Waals surface area contributed by atoms with Crippen molar-refractivity contribution in [1.29, 1.82) is 0 Å². The van der Waals surface area contributed by atoms with Crippen LogP contribution in [-0.4, -0.2) is 0 Å². The number of thiophene rings is 2. The van der Waals surface area contributed by atoms with E-state index in [9.17, 15) is 0 Å². The predicted molar refractivity (Wildman–Crippen MR) is 67.5 cm³/mol. The lowest BCUT2D eigenvalue weighted by Gasteiger charge is -2.19. The van der Waals surface area contributed by atoms with Gasteiger partial charge in [0.05, 0.1) is 0 Å². The molecule has 0 saturated carbocycles. The smallest absolute Gasteiger partial charge is 0.0498 e. The summed E-state index contributed by atoms with van der Waals surface area (Å²) in [6, 6.07) is 2.26. The molecule has 0 N–H and O–H groups in total. The fourth-order valence-electron chi connectivity index (χ4n) is 2.20. The first-order valence-electron chi connectivity index (χ1n) is 4.48. The van der Waals surface area contributed by atoms with E-state index in [1.165, 1.54) is 25.4 Å². The van der Waals surface area contributed by atoms with Crippen molar-refractivity contribution in [3.8, 4) is 9.75 Å². The van der Waals surface area contributed by atoms with Gasteiger partial charge in [0.2, 0.25) is 0 Å². The highest BCUT2D eigenvalue weighted by Crippen LogP contribution is 2.56. The molecule has 0 nitrogen and oxygen atoms in total. The fourth-order valence-corrected chi connectivity index (χ4v) is 5.63. The van der Waals surface area contributed by atoms with Gasteiger partial charge in [-0.25, -0.2) is 0 Å². The average molecular weight is 285 g/mol. The molecule has 2 aromatic rings. The molecule has 0 atom stereocenters. The van der Waals surface area contributed by atoms with Crippen molar-refractivity contribution < 1.29 is 0 Å². The summed E-state index contributed by atoms with van der Waals surface area (Å²) in [5.74, 6) is 0. The van der Waals surface area contributed by atoms with E-state index < -0.39 is 0 Å². The van der Waals surface area contributed by atoms with E-state index in [-0.39, 0.29) is 5.41 Å². The second-order valence-electron chi connectivity index (χ2n) is 4.08. The molecule has 0 aromatic carbocycles. The predicted octanol–water partition coefficient (Wildman–Crippen LogP) is 4.88. The Morgan fingerprint density at radius 3 is 2.79 bits per heavy atom. The molecule has 0 aliphatic heterocycles. The highest BCUT2D eigenvalue weighted by molar-refractivity contribution is 9.10. The first-order valence-corrected chi connectivity index (χ1v) is 7.03. The lowest BCUT2D eigenvalue weighted by atomic mass is 9.84. The molecule has 1 aliphatic rings. The van der Waals surface area contributed by atoms with E-state index in [0.29, 0.717) is 0 Å². The monoisotopic (exact) mass is 284 g/mol. The summed E-state index contributed by atoms with van der Waals surface area (Å²) < 4.78 is 1.27. The van der Waals surface area contributed by atoms with Gasteiger partial charge in [0, 0.05) is 25.0 Å². The van der Waals surface area contributed by atoms with Crippen molar-refractivity contribution in [3.63, 3.8) is 0 Å². The van der Waals surface area contributed by atoms with Crippen molar-refractivity contribution in [2.75, 3.05) is 0 Å². The van der Waals surface area contributed by atoms with Gasteiger partial charge in [-0.2, -0.15) is 0 Å². The third-order valence-corrected chi connectivity index (χ3v) is 5.90. The summed E-state index contributed by atoms with van der Waals surface area (Å²) in [4.78, 5) is 2.94. The molecule has 0 fully saturated rings. The second-order valence-corrected chi connectivity index (χ2v) is 6.73. The molecule has 0 unspecified atom stereocenters. The van der Waals surface area contributed by atoms with Crippen LogP contribution in [0, 0.1) is 0 Å². The first-order chi connectivity index (χ1) is 6.62. The maximum Gasteiger partial charge on any atom is 0.0498 e. The molecule has 3 rings (SSSR count). The van der Waals surface area contributed by atoms with Crippen LogP contribution < -0.4 is 0 Å². The topological polar surface area (TPSA) is 0 Å². The van der Waals surface area contributed by atoms with Gasteiger partial charge in [-0.15, -0.1) is 22.7 Å². The summed E-state index contributed by atoms with van der Waals surface area (Å²) in [6.07, 6.45) is 0. The van der Waals surface area contributed by atoms with Crippen LogP contribution in [0.5, 0.6) is 0 Å². The molecule has 0 spiro atoms. The van der Waals surface area contributed by atoms with E-state index in [4.69, 9.17) is 0 Å². The minimum atomic E-state index is 0.184. The summed E-state index contributed by atoms with van der Waals surface area (Å²) in [7, 11) is 0. The lowest BCUT2D eigenvalue weighted by Crippen LogP contribution is -2.14. The van der Waals surface area contributed by atoms with Crippen LogP contribution in [0.2, 0.25) is 0 Å². The molecular formula is C11H9BrS2. The Morgan fingerprint density at radius 2 is 2.00 bits per heavy atom. The summed E-state index contributed by atoms with van der Waals surface area (Å²) in [6.45, 7) is 4.61. The van der Waals surface area contributed by atoms with Gasteiger partial charge in [0.15, 0.2) is 0 Å². The molecular weight excluding hydrogens is 276 g/mol. The van der Waals surface area contributed by atoms with Crippen molar-refractivity contribution in [2.45, 2.75) is 19.3 Å². The zero-order valence-corrected chi connectivity index (χ0v) is 11.1. The maximum atomic E-state index is 3.65. The van der Waals surface area contributed by atoms with E-state index >= 15 is 0 Å². The Balaban J connectivity index is 2.43. The van der Waals surface area contributed by atoms with Gasteiger partial charge in [0.1, 0.15) is 0 Å². The first kappa shape index (κ1) is 9.13. The van der Waals surface area contributed by atoms with Crippen LogP contribution in [0.1, 0.15) is 25.0 Å². The number of hydrogen-bond donors (Lipinski definition) is 0. The third kappa shape index (κ3) is 0.930. The molecule has 14 heavy (non-hydrogen) atoms. The molecule has 2 heterocycles. The van der Waals surface area contributed by atoms with Crippen LogP contribution in [0.15, 0.2) is 21.3 Å². The Labute approximate surface area is 99.7 Å². The zero-order chi connectivity index (χ0) is 9.92. The van der Waals surface area contributed by atoms with Crippen LogP contribution in [0.25, 0.3) is 9.75 Å². The quantitative estimate of drug-likeness (QED) is 0.647. The number of fused-ring (bicyclic) bond motifs is 3. The van der Waals surface area contributed by atoms with Crippen molar-refractivity contribution in [1.82, 2.24) is 0 Å². The normalized spacial score (nSPS) is 16.8. The minimum absolute atomic E-state index is 0.184. The van der Waals surface area contributed by atoms with Gasteiger partial charge in [-0.05, 0) is 38.5 Å². The average Bonchev–Trinajstić information content (AvgIpc) is 2.70. The van der Waals surface area contributed by atoms with Gasteiger partial charge in [-0.3, -0.25) is 0 Å². The fraction of sp³-hybridized carbons (Fsp3) is 0.273. The van der Waals surface area contributed by atoms with Crippen LogP contribution in [0.4, 0.5) is 0 Å². The maximum absolute atomic E-state index is 3.65. The lowest BCUT2D eigenvalue weighted by molar-refractivity contribution is 0.660. The molecule has 2 aromatic heterocycles. The van der Waals surface area contributed by atoms with Gasteiger partial charge in [-0.1, -0.05) is 13.8 Å². The van der Waals surface area contributed by atoms with E-state index in [1.54, 1.807) is 0 Å². The van der Waals surface area contributed by atoms with Gasteiger partial charge >= 0.3 is 0 Å². The molecule has 0 radical (unpaired) electrons. The van der Waals surface area contributed by atoms with Crippen LogP contribution >= 0.6 is 38.6 Å². The van der Waals surface area contributed by atoms with E-state index in [1.807, 2.05) is 22.7 Å². The van der Waals surface area contributed by atoms with Crippen LogP contribution in [-0.2, 0) is 5.41 Å². The highest BCUT2D eigenvalue weighted by atomic mass is 79.9. The Bertz CT molecular complexity index is 505. The molecule has 0 bridgehead atoms. The largest absolute Gasteiger partial charge is 0.143 e. The summed E-state index contributed by atoms with van der Waals surface area (Å²) >= 11 is 7.36. The minimum Gasteiger partial charge on any atom is -0.143 e. The van der Waals surface area contributed by atoms with Crippen molar-refractivity contribution in [2.24, 2.45) is 0 Å². The molecule has 72 valence electrons. The number of halogens is 1. The van der Waals surface area contributed by atoms with Gasteiger partial charge < -0.3 is 0 Å². The summed E-state index contributed by atoms with van der Waals surface area (Å²) in [5.41, 5.74) is 3.15. The Kier molecular flexibility index (Phi) is 1.77. The van der Waals surface area contributed by atoms with Crippen molar-refractivity contribution in [3.05, 3.63) is 32.4 Å². The van der Waals surface area contributed by atoms with Crippen LogP contribution in [0.3, 0.4) is 0 Å². The zero-order valence-electron chi connectivity index (χ0n) is 7.93. The van der Waals surface area contributed by atoms with E-state index in [0.717, 1.165) is 0 Å². The van der Waals surface area contributed by atoms with E-state index in [2.05, 4.69) is 46.6 Å². The molecule has 0 amide bonds. The SMILES string of the molecule is CC1(C)c2ccsc2-c2scc(Br)c21. The third-order valence-electron chi connectivity index (χ3n) is 2.92. The van der Waals surface area contributed by atoms with Crippen molar-refractivity contribution >= 4 is 38.6 Å². The molecule has 1 aliphatic carbocycles.